The molecule has 2 heterocycles. The van der Waals surface area contributed by atoms with Gasteiger partial charge in [-0.2, -0.15) is 15.6 Å². The van der Waals surface area contributed by atoms with Crippen molar-refractivity contribution in [2.75, 3.05) is 26.4 Å². The number of aromatic nitrogens is 3. The summed E-state index contributed by atoms with van der Waals surface area (Å²) in [6.45, 7) is 7.86. The maximum Gasteiger partial charge on any atom is 0.475 e. The maximum absolute atomic E-state index is 16.1. The SMILES string of the molecule is C=CCOP(=O)(OCC=C)OCc1ccc(C#N)cc1C(=O)O[C@@](Cn1cncn1)(c1ccc(F)cc1F)[C@@H](C)SC1COC(C=CC=Cc2ccc(C#N)cc2F)OC1. The average Bonchev–Trinajstić information content (AvgIpc) is 3.76. The highest BCUT2D eigenvalue weighted by Gasteiger charge is 2.47. The van der Waals surface area contributed by atoms with Crippen LogP contribution in [0.4, 0.5) is 13.2 Å². The highest BCUT2D eigenvalue weighted by atomic mass is 32.2. The number of phosphoric ester groups is 1. The second kappa shape index (κ2) is 21.6. The van der Waals surface area contributed by atoms with Crippen LogP contribution in [0.25, 0.3) is 6.08 Å². The van der Waals surface area contributed by atoms with E-state index in [1.165, 1.54) is 83.7 Å². The van der Waals surface area contributed by atoms with E-state index in [9.17, 15) is 23.4 Å². The molecule has 0 bridgehead atoms. The molecule has 18 heteroatoms. The van der Waals surface area contributed by atoms with Gasteiger partial charge in [0.1, 0.15) is 30.1 Å². The van der Waals surface area contributed by atoms with E-state index in [1.807, 2.05) is 12.1 Å². The summed E-state index contributed by atoms with van der Waals surface area (Å²) >= 11 is 1.25. The third-order valence-electron chi connectivity index (χ3n) is 8.79. The molecule has 5 rings (SSSR count). The number of rotatable bonds is 20. The Balaban J connectivity index is 1.42. The Kier molecular flexibility index (Phi) is 16.4. The van der Waals surface area contributed by atoms with E-state index in [1.54, 1.807) is 25.2 Å². The van der Waals surface area contributed by atoms with Gasteiger partial charge in [-0.15, -0.1) is 24.9 Å². The van der Waals surface area contributed by atoms with Crippen LogP contribution in [0.15, 0.2) is 111 Å². The van der Waals surface area contributed by atoms with Crippen molar-refractivity contribution < 1.29 is 50.3 Å². The van der Waals surface area contributed by atoms with E-state index < -0.39 is 60.2 Å². The van der Waals surface area contributed by atoms with Crippen molar-refractivity contribution in [3.63, 3.8) is 0 Å². The molecule has 1 aliphatic rings. The summed E-state index contributed by atoms with van der Waals surface area (Å²) in [6.07, 6.45) is 10.9. The summed E-state index contributed by atoms with van der Waals surface area (Å²) < 4.78 is 93.8. The maximum atomic E-state index is 16.1. The number of nitriles is 2. The summed E-state index contributed by atoms with van der Waals surface area (Å²) in [5.41, 5.74) is -1.64. The highest BCUT2D eigenvalue weighted by molar-refractivity contribution is 8.00. The van der Waals surface area contributed by atoms with Crippen LogP contribution in [0.1, 0.15) is 45.1 Å². The van der Waals surface area contributed by atoms with Crippen molar-refractivity contribution in [3.8, 4) is 12.1 Å². The van der Waals surface area contributed by atoms with Crippen LogP contribution >= 0.6 is 19.6 Å². The van der Waals surface area contributed by atoms with E-state index >= 15 is 4.39 Å². The Hall–Kier alpha value is -5.62. The van der Waals surface area contributed by atoms with Crippen LogP contribution in [0.5, 0.6) is 0 Å². The van der Waals surface area contributed by atoms with Crippen molar-refractivity contribution in [2.24, 2.45) is 0 Å². The summed E-state index contributed by atoms with van der Waals surface area (Å²) in [7, 11) is -4.21. The fourth-order valence-electron chi connectivity index (χ4n) is 5.86. The molecule has 312 valence electrons. The van der Waals surface area contributed by atoms with Crippen molar-refractivity contribution in [1.29, 1.82) is 10.5 Å². The number of allylic oxidation sites excluding steroid dienone is 2. The Morgan fingerprint density at radius 3 is 2.33 bits per heavy atom. The van der Waals surface area contributed by atoms with Crippen molar-refractivity contribution in [2.45, 2.75) is 42.5 Å². The molecular weight excluding hydrogens is 823 g/mol. The number of halogens is 3. The number of hydrogen-bond donors (Lipinski definition) is 0. The fraction of sp³-hybridized carbons (Fsp3) is 0.262. The van der Waals surface area contributed by atoms with Gasteiger partial charge < -0.3 is 14.2 Å². The molecule has 0 radical (unpaired) electrons. The van der Waals surface area contributed by atoms with Crippen molar-refractivity contribution >= 4 is 31.6 Å². The number of hydrogen-bond acceptors (Lipinski definition) is 13. The number of nitrogens with zero attached hydrogens (tertiary/aromatic N) is 5. The Morgan fingerprint density at radius 1 is 1.00 bits per heavy atom. The van der Waals surface area contributed by atoms with Gasteiger partial charge in [0, 0.05) is 22.4 Å². The zero-order valence-electron chi connectivity index (χ0n) is 32.2. The van der Waals surface area contributed by atoms with Gasteiger partial charge in [-0.3, -0.25) is 13.6 Å². The van der Waals surface area contributed by atoms with E-state index in [0.717, 1.165) is 12.1 Å². The second-order valence-corrected chi connectivity index (χ2v) is 16.2. The predicted octanol–water partition coefficient (Wildman–Crippen LogP) is 8.35. The molecule has 0 amide bonds. The smallest absolute Gasteiger partial charge is 0.447 e. The van der Waals surface area contributed by atoms with Crippen LogP contribution in [0.2, 0.25) is 0 Å². The molecule has 1 saturated heterocycles. The zero-order chi connectivity index (χ0) is 43.1. The predicted molar refractivity (Wildman–Crippen MR) is 215 cm³/mol. The van der Waals surface area contributed by atoms with Gasteiger partial charge >= 0.3 is 13.8 Å². The van der Waals surface area contributed by atoms with Gasteiger partial charge in [-0.25, -0.2) is 32.2 Å². The molecule has 3 aromatic carbocycles. The van der Waals surface area contributed by atoms with Gasteiger partial charge in [0.15, 0.2) is 11.9 Å². The molecule has 1 aliphatic heterocycles. The first-order valence-corrected chi connectivity index (χ1v) is 20.6. The molecule has 13 nitrogen and oxygen atoms in total. The van der Waals surface area contributed by atoms with Gasteiger partial charge in [-0.05, 0) is 55.0 Å². The van der Waals surface area contributed by atoms with Crippen LogP contribution < -0.4 is 0 Å². The van der Waals surface area contributed by atoms with Gasteiger partial charge in [0.25, 0.3) is 0 Å². The first-order valence-electron chi connectivity index (χ1n) is 18.2. The Morgan fingerprint density at radius 2 is 1.70 bits per heavy atom. The largest absolute Gasteiger partial charge is 0.475 e. The third-order valence-corrected chi connectivity index (χ3v) is 11.6. The van der Waals surface area contributed by atoms with E-state index in [0.29, 0.717) is 6.07 Å². The topological polar surface area (TPSA) is 168 Å². The molecule has 0 aliphatic carbocycles. The minimum atomic E-state index is -4.21. The molecular formula is C42H39F3N5O8PS. The summed E-state index contributed by atoms with van der Waals surface area (Å²) in [5.74, 6) is -3.46. The number of benzene rings is 3. The van der Waals surface area contributed by atoms with E-state index in [-0.39, 0.29) is 66.4 Å². The molecule has 0 saturated carbocycles. The van der Waals surface area contributed by atoms with E-state index in [2.05, 4.69) is 23.2 Å². The molecule has 0 spiro atoms. The molecule has 0 N–H and O–H groups in total. The van der Waals surface area contributed by atoms with Crippen molar-refractivity contribution in [3.05, 3.63) is 162 Å². The zero-order valence-corrected chi connectivity index (χ0v) is 33.9. The number of carbonyl (C=O) groups excluding carboxylic acids is 1. The summed E-state index contributed by atoms with van der Waals surface area (Å²) in [6, 6.07) is 14.9. The highest BCUT2D eigenvalue weighted by Crippen LogP contribution is 2.50. The number of esters is 1. The van der Waals surface area contributed by atoms with Gasteiger partial charge in [0.05, 0.1) is 73.7 Å². The van der Waals surface area contributed by atoms with Crippen LogP contribution in [-0.2, 0) is 51.1 Å². The lowest BCUT2D eigenvalue weighted by molar-refractivity contribution is -0.146. The first kappa shape index (κ1) is 45.5. The molecule has 1 fully saturated rings. The third kappa shape index (κ3) is 12.0. The van der Waals surface area contributed by atoms with Crippen molar-refractivity contribution in [1.82, 2.24) is 14.8 Å². The van der Waals surface area contributed by atoms with E-state index in [4.69, 9.17) is 33.0 Å². The minimum absolute atomic E-state index is 0.0639. The summed E-state index contributed by atoms with van der Waals surface area (Å²) in [4.78, 5) is 18.5. The average molecular weight is 862 g/mol. The fourth-order valence-corrected chi connectivity index (χ4v) is 8.31. The van der Waals surface area contributed by atoms with Crippen LogP contribution in [0.3, 0.4) is 0 Å². The molecule has 2 atom stereocenters. The summed E-state index contributed by atoms with van der Waals surface area (Å²) in [5, 5.41) is 21.7. The number of carbonyl (C=O) groups is 1. The molecule has 60 heavy (non-hydrogen) atoms. The minimum Gasteiger partial charge on any atom is -0.447 e. The van der Waals surface area contributed by atoms with Crippen LogP contribution in [-0.4, -0.2) is 64.0 Å². The standard InChI is InChI=1S/C42H39F3N5O8PS/c1-4-16-55-59(52,56-17-5-2)57-23-33-13-11-30(21-46)18-36(33)41(51)58-42(26-50-28-48-27-49-50,37-15-14-34(43)20-39(37)45)29(3)60-35-24-53-40(54-25-35)9-7-6-8-32-12-10-31(22-47)19-38(32)44/h4-15,18-20,27-29,35,40H,1-2,16-17,23-26H2,3H3/t29-,35?,40?,42-/m1/s1. The molecule has 0 unspecified atom stereocenters. The second-order valence-electron chi connectivity index (χ2n) is 12.9. The monoisotopic (exact) mass is 861 g/mol. The molecule has 1 aromatic heterocycles. The Labute approximate surface area is 348 Å². The lowest BCUT2D eigenvalue weighted by Gasteiger charge is -2.40. The van der Waals surface area contributed by atoms with Gasteiger partial charge in [-0.1, -0.05) is 42.5 Å². The normalized spacial score (nSPS) is 17.1. The number of ether oxygens (including phenoxy) is 3. The number of thioether (sulfide) groups is 1. The van der Waals surface area contributed by atoms with Crippen LogP contribution in [0, 0.1) is 40.1 Å². The Bertz CT molecular complexity index is 2330. The number of phosphoric acid groups is 1. The van der Waals surface area contributed by atoms with Gasteiger partial charge in [0.2, 0.25) is 0 Å². The molecule has 4 aromatic rings. The lowest BCUT2D eigenvalue weighted by atomic mass is 9.89. The first-order chi connectivity index (χ1) is 28.9. The lowest BCUT2D eigenvalue weighted by Crippen LogP contribution is -2.47. The quantitative estimate of drug-likeness (QED) is 0.0360.